The van der Waals surface area contributed by atoms with E-state index in [0.29, 0.717) is 0 Å². The number of rotatable bonds is 3. The van der Waals surface area contributed by atoms with Gasteiger partial charge in [0.25, 0.3) is 0 Å². The molecule has 1 heterocycles. The van der Waals surface area contributed by atoms with Gasteiger partial charge in [-0.2, -0.15) is 0 Å². The summed E-state index contributed by atoms with van der Waals surface area (Å²) < 4.78 is 6.29. The van der Waals surface area contributed by atoms with Crippen molar-refractivity contribution in [1.29, 1.82) is 0 Å². The van der Waals surface area contributed by atoms with Gasteiger partial charge in [-0.15, -0.1) is 0 Å². The summed E-state index contributed by atoms with van der Waals surface area (Å²) >= 11 is 0. The van der Waals surface area contributed by atoms with Gasteiger partial charge in [0.1, 0.15) is 11.2 Å². The first-order chi connectivity index (χ1) is 21.7. The first-order valence-corrected chi connectivity index (χ1v) is 15.2. The first kappa shape index (κ1) is 24.9. The zero-order chi connectivity index (χ0) is 29.2. The van der Waals surface area contributed by atoms with E-state index < -0.39 is 0 Å². The molecule has 0 bridgehead atoms. The Labute approximate surface area is 255 Å². The number of hydrogen-bond acceptors (Lipinski definition) is 1. The Bertz CT molecular complexity index is 2490. The standard InChI is InChI=1S/C43H28O/c1-27-24-33(26-39-34-12-8-9-17-40(34)44-43(27)39)42-37-15-6-4-13-35(37)41(36-14-5-7-16-38(36)42)30-21-18-29(19-22-30)32-23-20-28-10-2-3-11-31(28)25-32/h2-26H,1H3. The van der Waals surface area contributed by atoms with E-state index in [4.69, 9.17) is 4.42 Å². The fourth-order valence-corrected chi connectivity index (χ4v) is 7.09. The van der Waals surface area contributed by atoms with Crippen LogP contribution in [0.5, 0.6) is 0 Å². The van der Waals surface area contributed by atoms with Gasteiger partial charge in [-0.1, -0.05) is 127 Å². The topological polar surface area (TPSA) is 13.1 Å². The number of aryl methyl sites for hydroxylation is 1. The van der Waals surface area contributed by atoms with Crippen LogP contribution in [-0.2, 0) is 0 Å². The minimum atomic E-state index is 0.931. The molecule has 1 aromatic heterocycles. The molecule has 44 heavy (non-hydrogen) atoms. The second-order valence-corrected chi connectivity index (χ2v) is 11.7. The van der Waals surface area contributed by atoms with Crippen LogP contribution in [0.1, 0.15) is 5.56 Å². The van der Waals surface area contributed by atoms with Crippen LogP contribution in [0.2, 0.25) is 0 Å². The smallest absolute Gasteiger partial charge is 0.138 e. The molecule has 1 heteroatoms. The van der Waals surface area contributed by atoms with Crippen LogP contribution in [0.4, 0.5) is 0 Å². The molecule has 1 nitrogen and oxygen atoms in total. The molecule has 9 rings (SSSR count). The molecule has 0 aliphatic rings. The van der Waals surface area contributed by atoms with E-state index in [1.54, 1.807) is 0 Å². The molecule has 0 atom stereocenters. The molecule has 0 fully saturated rings. The number of furan rings is 1. The summed E-state index contributed by atoms with van der Waals surface area (Å²) in [4.78, 5) is 0. The highest BCUT2D eigenvalue weighted by Crippen LogP contribution is 2.45. The SMILES string of the molecule is Cc1cc(-c2c3ccccc3c(-c3ccc(-c4ccc5ccccc5c4)cc3)c3ccccc23)cc2c1oc1ccccc12. The minimum Gasteiger partial charge on any atom is -0.456 e. The van der Waals surface area contributed by atoms with Gasteiger partial charge in [0, 0.05) is 10.8 Å². The van der Waals surface area contributed by atoms with Crippen molar-refractivity contribution in [3.8, 4) is 33.4 Å². The van der Waals surface area contributed by atoms with E-state index in [1.807, 2.05) is 6.07 Å². The highest BCUT2D eigenvalue weighted by Gasteiger charge is 2.19. The molecule has 0 radical (unpaired) electrons. The van der Waals surface area contributed by atoms with Gasteiger partial charge in [0.15, 0.2) is 0 Å². The summed E-state index contributed by atoms with van der Waals surface area (Å²) in [5.74, 6) is 0. The summed E-state index contributed by atoms with van der Waals surface area (Å²) in [6.45, 7) is 2.16. The summed E-state index contributed by atoms with van der Waals surface area (Å²) in [5.41, 5.74) is 10.5. The molecule has 0 unspecified atom stereocenters. The van der Waals surface area contributed by atoms with Crippen molar-refractivity contribution in [2.75, 3.05) is 0 Å². The van der Waals surface area contributed by atoms with Gasteiger partial charge in [-0.05, 0) is 102 Å². The van der Waals surface area contributed by atoms with Crippen LogP contribution in [0.3, 0.4) is 0 Å². The van der Waals surface area contributed by atoms with Gasteiger partial charge < -0.3 is 4.42 Å². The molecular formula is C43H28O. The Morgan fingerprint density at radius 1 is 0.364 bits per heavy atom. The molecule has 9 aromatic rings. The van der Waals surface area contributed by atoms with E-state index in [2.05, 4.69) is 153 Å². The highest BCUT2D eigenvalue weighted by molar-refractivity contribution is 6.22. The predicted octanol–water partition coefficient (Wildman–Crippen LogP) is 12.4. The largest absolute Gasteiger partial charge is 0.456 e. The van der Waals surface area contributed by atoms with Crippen LogP contribution in [-0.4, -0.2) is 0 Å². The van der Waals surface area contributed by atoms with Gasteiger partial charge in [0.2, 0.25) is 0 Å². The van der Waals surface area contributed by atoms with Crippen molar-refractivity contribution >= 4 is 54.3 Å². The Kier molecular flexibility index (Phi) is 5.48. The van der Waals surface area contributed by atoms with Gasteiger partial charge in [0.05, 0.1) is 0 Å². The van der Waals surface area contributed by atoms with Gasteiger partial charge in [-0.3, -0.25) is 0 Å². The molecule has 0 aliphatic heterocycles. The Morgan fingerprint density at radius 3 is 1.57 bits per heavy atom. The van der Waals surface area contributed by atoms with E-state index in [1.165, 1.54) is 65.7 Å². The van der Waals surface area contributed by atoms with Crippen molar-refractivity contribution < 1.29 is 4.42 Å². The fourth-order valence-electron chi connectivity index (χ4n) is 7.09. The maximum atomic E-state index is 6.29. The number of hydrogen-bond donors (Lipinski definition) is 0. The maximum absolute atomic E-state index is 6.29. The van der Waals surface area contributed by atoms with Gasteiger partial charge in [-0.25, -0.2) is 0 Å². The quantitative estimate of drug-likeness (QED) is 0.196. The van der Waals surface area contributed by atoms with Crippen LogP contribution < -0.4 is 0 Å². The third-order valence-electron chi connectivity index (χ3n) is 9.14. The maximum Gasteiger partial charge on any atom is 0.138 e. The van der Waals surface area contributed by atoms with Gasteiger partial charge >= 0.3 is 0 Å². The van der Waals surface area contributed by atoms with Crippen LogP contribution in [0, 0.1) is 6.92 Å². The lowest BCUT2D eigenvalue weighted by atomic mass is 9.85. The summed E-state index contributed by atoms with van der Waals surface area (Å²) in [5, 5.41) is 9.88. The lowest BCUT2D eigenvalue weighted by molar-refractivity contribution is 0.666. The molecule has 0 spiro atoms. The summed E-state index contributed by atoms with van der Waals surface area (Å²) in [6.07, 6.45) is 0. The molecular weight excluding hydrogens is 532 g/mol. The van der Waals surface area contributed by atoms with Crippen LogP contribution >= 0.6 is 0 Å². The second-order valence-electron chi connectivity index (χ2n) is 11.7. The fraction of sp³-hybridized carbons (Fsp3) is 0.0233. The molecule has 0 saturated heterocycles. The molecule has 206 valence electrons. The van der Waals surface area contributed by atoms with Crippen LogP contribution in [0.25, 0.3) is 87.6 Å². The average molecular weight is 561 g/mol. The van der Waals surface area contributed by atoms with Crippen LogP contribution in [0.15, 0.2) is 156 Å². The van der Waals surface area contributed by atoms with Crippen molar-refractivity contribution in [3.05, 3.63) is 157 Å². The Morgan fingerprint density at radius 2 is 0.886 bits per heavy atom. The molecule has 8 aromatic carbocycles. The Balaban J connectivity index is 1.26. The third kappa shape index (κ3) is 3.80. The zero-order valence-electron chi connectivity index (χ0n) is 24.3. The monoisotopic (exact) mass is 560 g/mol. The molecule has 0 N–H and O–H groups in total. The van der Waals surface area contributed by atoms with Crippen molar-refractivity contribution in [1.82, 2.24) is 0 Å². The third-order valence-corrected chi connectivity index (χ3v) is 9.14. The zero-order valence-corrected chi connectivity index (χ0v) is 24.3. The second kappa shape index (κ2) is 9.69. The minimum absolute atomic E-state index is 0.931. The van der Waals surface area contributed by atoms with E-state index in [-0.39, 0.29) is 0 Å². The number of benzene rings is 8. The number of fused-ring (bicyclic) bond motifs is 6. The lowest BCUT2D eigenvalue weighted by Crippen LogP contribution is -1.91. The predicted molar refractivity (Wildman–Crippen MR) is 187 cm³/mol. The van der Waals surface area contributed by atoms with Crippen molar-refractivity contribution in [2.45, 2.75) is 6.92 Å². The van der Waals surface area contributed by atoms with E-state index in [0.717, 1.165) is 27.5 Å². The lowest BCUT2D eigenvalue weighted by Gasteiger charge is -2.18. The van der Waals surface area contributed by atoms with Crippen molar-refractivity contribution in [2.24, 2.45) is 0 Å². The average Bonchev–Trinajstić information content (AvgIpc) is 3.46. The van der Waals surface area contributed by atoms with Crippen molar-refractivity contribution in [3.63, 3.8) is 0 Å². The first-order valence-electron chi connectivity index (χ1n) is 15.2. The summed E-state index contributed by atoms with van der Waals surface area (Å²) in [7, 11) is 0. The normalized spacial score (nSPS) is 11.8. The molecule has 0 saturated carbocycles. The van der Waals surface area contributed by atoms with E-state index in [9.17, 15) is 0 Å². The Hall–Kier alpha value is -5.66. The molecule has 0 aliphatic carbocycles. The van der Waals surface area contributed by atoms with E-state index >= 15 is 0 Å². The summed E-state index contributed by atoms with van der Waals surface area (Å²) in [6, 6.07) is 55.0. The highest BCUT2D eigenvalue weighted by atomic mass is 16.3. The number of para-hydroxylation sites is 1. The molecule has 0 amide bonds.